The van der Waals surface area contributed by atoms with E-state index in [1.54, 1.807) is 36.4 Å². The SMILES string of the molecule is CC(C)OCc1ccccc1CNC(=O)c1ccc(NC(=O)c2ccco2)cc1. The van der Waals surface area contributed by atoms with Gasteiger partial charge in [-0.3, -0.25) is 9.59 Å². The quantitative estimate of drug-likeness (QED) is 0.596. The van der Waals surface area contributed by atoms with Crippen molar-refractivity contribution in [3.63, 3.8) is 0 Å². The number of rotatable bonds is 8. The van der Waals surface area contributed by atoms with Crippen molar-refractivity contribution in [2.45, 2.75) is 33.1 Å². The van der Waals surface area contributed by atoms with E-state index < -0.39 is 0 Å². The summed E-state index contributed by atoms with van der Waals surface area (Å²) < 4.78 is 10.7. The number of carbonyl (C=O) groups excluding carboxylic acids is 2. The van der Waals surface area contributed by atoms with E-state index in [4.69, 9.17) is 9.15 Å². The number of hydrogen-bond acceptors (Lipinski definition) is 4. The number of nitrogens with one attached hydrogen (secondary N) is 2. The number of hydrogen-bond donors (Lipinski definition) is 2. The Balaban J connectivity index is 1.57. The molecule has 3 rings (SSSR count). The second kappa shape index (κ2) is 9.71. The molecule has 150 valence electrons. The Labute approximate surface area is 169 Å². The molecule has 0 spiro atoms. The molecule has 0 unspecified atom stereocenters. The Morgan fingerprint density at radius 3 is 2.31 bits per heavy atom. The van der Waals surface area contributed by atoms with Crippen LogP contribution in [0, 0.1) is 0 Å². The summed E-state index contributed by atoms with van der Waals surface area (Å²) in [5.41, 5.74) is 3.16. The molecule has 1 aromatic heterocycles. The Bertz CT molecular complexity index is 947. The molecule has 2 aromatic carbocycles. The van der Waals surface area contributed by atoms with Gasteiger partial charge in [0, 0.05) is 17.8 Å². The first-order valence-electron chi connectivity index (χ1n) is 9.44. The number of benzene rings is 2. The van der Waals surface area contributed by atoms with Crippen LogP contribution in [0.2, 0.25) is 0 Å². The summed E-state index contributed by atoms with van der Waals surface area (Å²) in [4.78, 5) is 24.5. The van der Waals surface area contributed by atoms with E-state index in [9.17, 15) is 9.59 Å². The third-order valence-electron chi connectivity index (χ3n) is 4.28. The zero-order valence-corrected chi connectivity index (χ0v) is 16.5. The van der Waals surface area contributed by atoms with E-state index in [0.29, 0.717) is 24.4 Å². The summed E-state index contributed by atoms with van der Waals surface area (Å²) in [6.45, 7) is 4.90. The van der Waals surface area contributed by atoms with E-state index in [-0.39, 0.29) is 23.7 Å². The van der Waals surface area contributed by atoms with Crippen LogP contribution in [-0.2, 0) is 17.9 Å². The van der Waals surface area contributed by atoms with Gasteiger partial charge in [-0.15, -0.1) is 0 Å². The fourth-order valence-electron chi connectivity index (χ4n) is 2.71. The van der Waals surface area contributed by atoms with Gasteiger partial charge < -0.3 is 19.8 Å². The summed E-state index contributed by atoms with van der Waals surface area (Å²) in [5.74, 6) is -0.298. The van der Waals surface area contributed by atoms with Crippen molar-refractivity contribution in [3.8, 4) is 0 Å². The van der Waals surface area contributed by atoms with E-state index >= 15 is 0 Å². The van der Waals surface area contributed by atoms with Gasteiger partial charge in [0.2, 0.25) is 0 Å². The van der Waals surface area contributed by atoms with Crippen molar-refractivity contribution in [2.75, 3.05) is 5.32 Å². The summed E-state index contributed by atoms with van der Waals surface area (Å²) >= 11 is 0. The van der Waals surface area contributed by atoms with Crippen molar-refractivity contribution in [1.29, 1.82) is 0 Å². The molecule has 0 aliphatic heterocycles. The number of anilines is 1. The molecule has 0 saturated carbocycles. The normalized spacial score (nSPS) is 10.7. The maximum absolute atomic E-state index is 12.5. The first-order valence-corrected chi connectivity index (χ1v) is 9.44. The largest absolute Gasteiger partial charge is 0.459 e. The number of furan rings is 1. The third kappa shape index (κ3) is 5.80. The fraction of sp³-hybridized carbons (Fsp3) is 0.217. The van der Waals surface area contributed by atoms with Gasteiger partial charge >= 0.3 is 0 Å². The third-order valence-corrected chi connectivity index (χ3v) is 4.28. The van der Waals surface area contributed by atoms with Gasteiger partial charge in [-0.05, 0) is 61.4 Å². The van der Waals surface area contributed by atoms with Crippen LogP contribution in [0.1, 0.15) is 45.9 Å². The van der Waals surface area contributed by atoms with E-state index in [0.717, 1.165) is 11.1 Å². The summed E-state index contributed by atoms with van der Waals surface area (Å²) in [7, 11) is 0. The minimum absolute atomic E-state index is 0.143. The van der Waals surface area contributed by atoms with E-state index in [1.165, 1.54) is 6.26 Å². The Morgan fingerprint density at radius 1 is 0.931 bits per heavy atom. The highest BCUT2D eigenvalue weighted by molar-refractivity contribution is 6.02. The van der Waals surface area contributed by atoms with Crippen LogP contribution in [-0.4, -0.2) is 17.9 Å². The standard InChI is InChI=1S/C23H24N2O4/c1-16(2)29-15-19-7-4-3-6-18(19)14-24-22(26)17-9-11-20(12-10-17)25-23(27)21-8-5-13-28-21/h3-13,16H,14-15H2,1-2H3,(H,24,26)(H,25,27). The lowest BCUT2D eigenvalue weighted by molar-refractivity contribution is 0.0651. The predicted octanol–water partition coefficient (Wildman–Crippen LogP) is 4.39. The second-order valence-electron chi connectivity index (χ2n) is 6.82. The molecular weight excluding hydrogens is 368 g/mol. The van der Waals surface area contributed by atoms with Crippen LogP contribution in [0.5, 0.6) is 0 Å². The van der Waals surface area contributed by atoms with Crippen molar-refractivity contribution in [3.05, 3.63) is 89.4 Å². The summed E-state index contributed by atoms with van der Waals surface area (Å²) in [6, 6.07) is 17.8. The highest BCUT2D eigenvalue weighted by atomic mass is 16.5. The minimum atomic E-state index is -0.340. The van der Waals surface area contributed by atoms with Crippen LogP contribution in [0.3, 0.4) is 0 Å². The highest BCUT2D eigenvalue weighted by Gasteiger charge is 2.11. The topological polar surface area (TPSA) is 80.6 Å². The maximum Gasteiger partial charge on any atom is 0.291 e. The van der Waals surface area contributed by atoms with Gasteiger partial charge in [-0.1, -0.05) is 24.3 Å². The van der Waals surface area contributed by atoms with Crippen molar-refractivity contribution >= 4 is 17.5 Å². The molecule has 0 bridgehead atoms. The average Bonchev–Trinajstić information content (AvgIpc) is 3.26. The van der Waals surface area contributed by atoms with Crippen LogP contribution in [0.15, 0.2) is 71.3 Å². The molecular formula is C23H24N2O4. The molecule has 6 nitrogen and oxygen atoms in total. The van der Waals surface area contributed by atoms with E-state index in [1.807, 2.05) is 38.1 Å². The number of carbonyl (C=O) groups is 2. The Hall–Kier alpha value is -3.38. The van der Waals surface area contributed by atoms with Crippen molar-refractivity contribution in [2.24, 2.45) is 0 Å². The number of amides is 2. The Morgan fingerprint density at radius 2 is 1.66 bits per heavy atom. The lowest BCUT2D eigenvalue weighted by atomic mass is 10.1. The zero-order valence-electron chi connectivity index (χ0n) is 16.5. The predicted molar refractivity (Wildman–Crippen MR) is 111 cm³/mol. The zero-order chi connectivity index (χ0) is 20.6. The lowest BCUT2D eigenvalue weighted by Crippen LogP contribution is -2.23. The first-order chi connectivity index (χ1) is 14.0. The van der Waals surface area contributed by atoms with Gasteiger partial charge in [0.05, 0.1) is 19.0 Å². The maximum atomic E-state index is 12.5. The molecule has 1 heterocycles. The molecule has 0 saturated heterocycles. The molecule has 0 aliphatic rings. The molecule has 3 aromatic rings. The van der Waals surface area contributed by atoms with Crippen LogP contribution >= 0.6 is 0 Å². The van der Waals surface area contributed by atoms with Gasteiger partial charge in [0.25, 0.3) is 11.8 Å². The monoisotopic (exact) mass is 392 g/mol. The molecule has 2 amide bonds. The molecule has 2 N–H and O–H groups in total. The van der Waals surface area contributed by atoms with Crippen molar-refractivity contribution < 1.29 is 18.7 Å². The van der Waals surface area contributed by atoms with Crippen molar-refractivity contribution in [1.82, 2.24) is 5.32 Å². The van der Waals surface area contributed by atoms with Crippen LogP contribution in [0.25, 0.3) is 0 Å². The van der Waals surface area contributed by atoms with Gasteiger partial charge in [0.15, 0.2) is 5.76 Å². The first kappa shape index (κ1) is 20.4. The van der Waals surface area contributed by atoms with Crippen LogP contribution < -0.4 is 10.6 Å². The van der Waals surface area contributed by atoms with Gasteiger partial charge in [0.1, 0.15) is 0 Å². The van der Waals surface area contributed by atoms with Gasteiger partial charge in [-0.25, -0.2) is 0 Å². The highest BCUT2D eigenvalue weighted by Crippen LogP contribution is 2.14. The molecule has 6 heteroatoms. The summed E-state index contributed by atoms with van der Waals surface area (Å²) in [6.07, 6.45) is 1.58. The molecule has 29 heavy (non-hydrogen) atoms. The fourth-order valence-corrected chi connectivity index (χ4v) is 2.71. The van der Waals surface area contributed by atoms with Crippen LogP contribution in [0.4, 0.5) is 5.69 Å². The van der Waals surface area contributed by atoms with Gasteiger partial charge in [-0.2, -0.15) is 0 Å². The lowest BCUT2D eigenvalue weighted by Gasteiger charge is -2.13. The molecule has 0 radical (unpaired) electrons. The molecule has 0 fully saturated rings. The Kier molecular flexibility index (Phi) is 6.81. The molecule has 0 aliphatic carbocycles. The second-order valence-corrected chi connectivity index (χ2v) is 6.82. The molecule has 0 atom stereocenters. The summed E-state index contributed by atoms with van der Waals surface area (Å²) in [5, 5.41) is 5.65. The van der Waals surface area contributed by atoms with E-state index in [2.05, 4.69) is 10.6 Å². The minimum Gasteiger partial charge on any atom is -0.459 e. The smallest absolute Gasteiger partial charge is 0.291 e. The number of ether oxygens (including phenoxy) is 1. The average molecular weight is 392 g/mol.